The van der Waals surface area contributed by atoms with Crippen molar-refractivity contribution in [2.75, 3.05) is 47.9 Å². The molecule has 3 unspecified atom stereocenters. The van der Waals surface area contributed by atoms with E-state index < -0.39 is 6.04 Å². The second-order valence-corrected chi connectivity index (χ2v) is 17.6. The second kappa shape index (κ2) is 16.6. The number of methoxy groups -OCH3 is 1. The van der Waals surface area contributed by atoms with Crippen molar-refractivity contribution < 1.29 is 14.3 Å². The normalized spacial score (nSPS) is 21.0. The van der Waals surface area contributed by atoms with Crippen LogP contribution in [0.5, 0.6) is 0 Å². The summed E-state index contributed by atoms with van der Waals surface area (Å²) in [6, 6.07) is 9.89. The molecule has 1 aromatic carbocycles. The number of amides is 2. The molecule has 2 aliphatic rings. The predicted molar refractivity (Wildman–Crippen MR) is 218 cm³/mol. The Kier molecular flexibility index (Phi) is 12.3. The molecular formula is C42H60N8O3S. The molecule has 12 heteroatoms. The summed E-state index contributed by atoms with van der Waals surface area (Å²) in [5.41, 5.74) is 11.1. The smallest absolute Gasteiger partial charge is 0.259 e. The van der Waals surface area contributed by atoms with Crippen molar-refractivity contribution in [1.29, 1.82) is 0 Å². The van der Waals surface area contributed by atoms with E-state index in [0.717, 1.165) is 66.4 Å². The molecule has 1 saturated heterocycles. The standard InChI is InChI=1S/C42H60N8O3S/c1-11-49-35-17-16-28-20-31(35)32(39(49)30-15-12-18-43-37(30)27(4)53-10)22-42(5,6)25-48(9)23-29-14-13-19-50(46-29)41(52)33(21-36-44-34(28)24-54-36)45-40(51)38(26(2)3)47(7)8/h12,15-18,20,24,26-27,29,33,38,46H,11,13-14,19,21-23,25H2,1-10H3,(H,45,51)/t27?,29-,33?,38?/m0/s1. The van der Waals surface area contributed by atoms with Crippen LogP contribution in [0.3, 0.4) is 0 Å². The summed E-state index contributed by atoms with van der Waals surface area (Å²) < 4.78 is 8.27. The average Bonchev–Trinajstić information content (AvgIpc) is 3.71. The molecule has 292 valence electrons. The third kappa shape index (κ3) is 8.43. The molecule has 3 aromatic heterocycles. The minimum Gasteiger partial charge on any atom is -0.375 e. The second-order valence-electron chi connectivity index (χ2n) is 16.7. The fourth-order valence-corrected chi connectivity index (χ4v) is 9.65. The number of hydrogen-bond acceptors (Lipinski definition) is 9. The lowest BCUT2D eigenvalue weighted by Gasteiger charge is -2.39. The Morgan fingerprint density at radius 2 is 1.98 bits per heavy atom. The Balaban J connectivity index is 1.49. The topological polar surface area (TPSA) is 108 Å². The fraction of sp³-hybridized carbons (Fsp3) is 0.571. The molecule has 0 radical (unpaired) electrons. The first-order valence-corrected chi connectivity index (χ1v) is 20.4. The molecule has 5 heterocycles. The number of carbonyl (C=O) groups is 2. The summed E-state index contributed by atoms with van der Waals surface area (Å²) in [6.45, 7) is 16.1. The Morgan fingerprint density at radius 3 is 2.69 bits per heavy atom. The van der Waals surface area contributed by atoms with Gasteiger partial charge in [-0.15, -0.1) is 11.3 Å². The SMILES string of the molecule is CCn1c(-c2cccnc2C(C)OC)c2c3cc(ccc31)-c1csc(n1)CC(NC(=O)C(C(C)C)N(C)C)C(=O)N1CCC[C@@H](CN(C)CC(C)(C)C2)N1. The number of hydrogen-bond donors (Lipinski definition) is 2. The Morgan fingerprint density at radius 1 is 1.20 bits per heavy atom. The quantitative estimate of drug-likeness (QED) is 0.220. The number of pyridine rings is 1. The number of nitrogens with zero attached hydrogens (tertiary/aromatic N) is 6. The number of ether oxygens (including phenoxy) is 1. The minimum absolute atomic E-state index is 0.0778. The van der Waals surface area contributed by atoms with Gasteiger partial charge in [-0.1, -0.05) is 33.8 Å². The van der Waals surface area contributed by atoms with Crippen LogP contribution in [-0.2, 0) is 33.7 Å². The summed E-state index contributed by atoms with van der Waals surface area (Å²) in [5, 5.41) is 9.02. The molecule has 2 aliphatic heterocycles. The lowest BCUT2D eigenvalue weighted by molar-refractivity contribution is -0.142. The molecule has 0 spiro atoms. The molecule has 0 aliphatic carbocycles. The van der Waals surface area contributed by atoms with Gasteiger partial charge >= 0.3 is 0 Å². The Bertz CT molecular complexity index is 1940. The first kappa shape index (κ1) is 40.0. The van der Waals surface area contributed by atoms with E-state index in [-0.39, 0.29) is 41.3 Å². The minimum atomic E-state index is -0.752. The van der Waals surface area contributed by atoms with Crippen LogP contribution < -0.4 is 10.7 Å². The summed E-state index contributed by atoms with van der Waals surface area (Å²) in [6.07, 6.45) is 4.72. The van der Waals surface area contributed by atoms with Gasteiger partial charge in [0.15, 0.2) is 0 Å². The number of carbonyl (C=O) groups excluding carboxylic acids is 2. The molecule has 1 fully saturated rings. The van der Waals surface area contributed by atoms with Crippen LogP contribution in [0.15, 0.2) is 41.9 Å². The van der Waals surface area contributed by atoms with Crippen LogP contribution in [0.1, 0.15) is 76.8 Å². The highest BCUT2D eigenvalue weighted by atomic mass is 32.1. The summed E-state index contributed by atoms with van der Waals surface area (Å²) >= 11 is 1.54. The van der Waals surface area contributed by atoms with E-state index in [1.54, 1.807) is 12.1 Å². The van der Waals surface area contributed by atoms with Crippen molar-refractivity contribution in [3.05, 3.63) is 58.2 Å². The zero-order valence-electron chi connectivity index (χ0n) is 33.9. The number of fused-ring (bicyclic) bond motifs is 6. The largest absolute Gasteiger partial charge is 0.375 e. The van der Waals surface area contributed by atoms with E-state index in [2.05, 4.69) is 84.6 Å². The van der Waals surface area contributed by atoms with Crippen LogP contribution in [0.2, 0.25) is 0 Å². The zero-order valence-corrected chi connectivity index (χ0v) is 34.7. The van der Waals surface area contributed by atoms with Gasteiger partial charge in [0.1, 0.15) is 6.04 Å². The number of rotatable bonds is 8. The average molecular weight is 757 g/mol. The first-order chi connectivity index (χ1) is 25.7. The van der Waals surface area contributed by atoms with Gasteiger partial charge in [0.05, 0.1) is 34.2 Å². The van der Waals surface area contributed by atoms with Gasteiger partial charge in [-0.2, -0.15) is 0 Å². The van der Waals surface area contributed by atoms with Gasteiger partial charge < -0.3 is 19.5 Å². The van der Waals surface area contributed by atoms with Crippen molar-refractivity contribution in [1.82, 2.24) is 40.1 Å². The monoisotopic (exact) mass is 756 g/mol. The summed E-state index contributed by atoms with van der Waals surface area (Å²) in [4.78, 5) is 42.4. The van der Waals surface area contributed by atoms with E-state index >= 15 is 0 Å². The lowest BCUT2D eigenvalue weighted by atomic mass is 9.83. The zero-order chi connectivity index (χ0) is 38.9. The molecule has 54 heavy (non-hydrogen) atoms. The number of nitrogens with one attached hydrogen (secondary N) is 2. The number of thiazole rings is 1. The molecule has 6 bridgehead atoms. The Labute approximate surface area is 325 Å². The van der Waals surface area contributed by atoms with Crippen LogP contribution in [0, 0.1) is 11.3 Å². The van der Waals surface area contributed by atoms with Crippen molar-refractivity contribution in [2.24, 2.45) is 11.3 Å². The van der Waals surface area contributed by atoms with E-state index in [4.69, 9.17) is 14.7 Å². The highest BCUT2D eigenvalue weighted by Gasteiger charge is 2.35. The predicted octanol–water partition coefficient (Wildman–Crippen LogP) is 6.18. The third-order valence-electron chi connectivity index (χ3n) is 11.0. The van der Waals surface area contributed by atoms with Crippen molar-refractivity contribution in [3.63, 3.8) is 0 Å². The molecule has 4 aromatic rings. The highest BCUT2D eigenvalue weighted by molar-refractivity contribution is 7.10. The molecule has 2 amide bonds. The van der Waals surface area contributed by atoms with E-state index in [9.17, 15) is 9.59 Å². The van der Waals surface area contributed by atoms with Crippen molar-refractivity contribution in [3.8, 4) is 22.5 Å². The number of likely N-dealkylation sites (N-methyl/N-ethyl adjacent to an activating group) is 2. The van der Waals surface area contributed by atoms with Gasteiger partial charge in [0.25, 0.3) is 5.91 Å². The maximum absolute atomic E-state index is 14.3. The first-order valence-electron chi connectivity index (χ1n) is 19.5. The van der Waals surface area contributed by atoms with Gasteiger partial charge in [-0.25, -0.2) is 10.4 Å². The van der Waals surface area contributed by atoms with Crippen molar-refractivity contribution in [2.45, 2.75) is 98.0 Å². The molecular weight excluding hydrogens is 697 g/mol. The molecule has 0 saturated carbocycles. The number of aryl methyl sites for hydroxylation is 1. The third-order valence-corrected chi connectivity index (χ3v) is 11.9. The van der Waals surface area contributed by atoms with Crippen LogP contribution in [0.25, 0.3) is 33.4 Å². The van der Waals surface area contributed by atoms with E-state index in [1.165, 1.54) is 33.5 Å². The van der Waals surface area contributed by atoms with Gasteiger partial charge in [-0.3, -0.25) is 24.5 Å². The number of benzene rings is 1. The number of hydrazine groups is 1. The maximum atomic E-state index is 14.3. The van der Waals surface area contributed by atoms with Crippen LogP contribution in [-0.4, -0.2) is 107 Å². The number of aromatic nitrogens is 3. The summed E-state index contributed by atoms with van der Waals surface area (Å²) in [7, 11) is 7.75. The van der Waals surface area contributed by atoms with Crippen LogP contribution >= 0.6 is 11.3 Å². The van der Waals surface area contributed by atoms with Crippen molar-refractivity contribution >= 4 is 34.1 Å². The molecule has 6 rings (SSSR count). The molecule has 2 N–H and O–H groups in total. The van der Waals surface area contributed by atoms with Gasteiger partial charge in [0.2, 0.25) is 5.91 Å². The van der Waals surface area contributed by atoms with E-state index in [0.29, 0.717) is 13.0 Å². The fourth-order valence-electron chi connectivity index (χ4n) is 8.80. The molecule has 11 nitrogen and oxygen atoms in total. The molecule has 4 atom stereocenters. The maximum Gasteiger partial charge on any atom is 0.259 e. The van der Waals surface area contributed by atoms with Gasteiger partial charge in [-0.05, 0) is 95.4 Å². The summed E-state index contributed by atoms with van der Waals surface area (Å²) in [5.74, 6) is -0.185. The highest BCUT2D eigenvalue weighted by Crippen LogP contribution is 2.42. The van der Waals surface area contributed by atoms with Crippen LogP contribution in [0.4, 0.5) is 0 Å². The lowest BCUT2D eigenvalue weighted by Crippen LogP contribution is -2.61. The van der Waals surface area contributed by atoms with E-state index in [1.807, 2.05) is 45.1 Å². The Hall–Kier alpha value is -3.68. The van der Waals surface area contributed by atoms with Gasteiger partial charge in [0, 0.05) is 79.4 Å².